The van der Waals surface area contributed by atoms with E-state index in [4.69, 9.17) is 16.3 Å². The number of fused-ring (bicyclic) bond motifs is 1. The van der Waals surface area contributed by atoms with Gasteiger partial charge in [0.2, 0.25) is 5.88 Å². The van der Waals surface area contributed by atoms with Gasteiger partial charge in [0, 0.05) is 41.2 Å². The topological polar surface area (TPSA) is 110 Å². The van der Waals surface area contributed by atoms with E-state index in [1.54, 1.807) is 48.5 Å². The first-order chi connectivity index (χ1) is 17.5. The molecule has 0 bridgehead atoms. The van der Waals surface area contributed by atoms with Crippen LogP contribution < -0.4 is 10.5 Å². The number of rotatable bonds is 5. The molecule has 0 unspecified atom stereocenters. The lowest BCUT2D eigenvalue weighted by Crippen LogP contribution is -2.37. The number of aromatic nitrogens is 1. The molecule has 0 aliphatic carbocycles. The fourth-order valence-corrected chi connectivity index (χ4v) is 4.49. The number of para-hydroxylation sites is 2. The fourth-order valence-electron chi connectivity index (χ4n) is 4.32. The molecule has 0 radical (unpaired) electrons. The molecule has 0 amide bonds. The molecule has 0 atom stereocenters. The number of hydrogen-bond acceptors (Lipinski definition) is 7. The number of benzene rings is 3. The minimum atomic E-state index is -0.522. The number of aliphatic imine (C=N–C) groups is 1. The number of halogens is 1. The van der Waals surface area contributed by atoms with Crippen LogP contribution in [0.15, 0.2) is 76.5 Å². The quantitative estimate of drug-likeness (QED) is 0.236. The maximum absolute atomic E-state index is 13.6. The highest BCUT2D eigenvalue weighted by atomic mass is 35.5. The molecule has 1 N–H and O–H groups in total. The molecule has 4 aromatic rings. The SMILES string of the molecule is O=c1c2ccccc2c(C=Nc2ccccc2[N+](=O)[O-])c(O)n1-c1cc(Cl)ccc1N1CCOCC1. The van der Waals surface area contributed by atoms with Gasteiger partial charge in [-0.1, -0.05) is 41.9 Å². The lowest BCUT2D eigenvalue weighted by atomic mass is 10.1. The third kappa shape index (κ3) is 4.30. The van der Waals surface area contributed by atoms with Gasteiger partial charge in [-0.15, -0.1) is 0 Å². The minimum absolute atomic E-state index is 0.125. The third-order valence-corrected chi connectivity index (χ3v) is 6.28. The molecule has 0 spiro atoms. The molecule has 10 heteroatoms. The maximum Gasteiger partial charge on any atom is 0.294 e. The molecule has 2 heterocycles. The van der Waals surface area contributed by atoms with Crippen molar-refractivity contribution in [2.24, 2.45) is 4.99 Å². The van der Waals surface area contributed by atoms with Crippen molar-refractivity contribution in [3.05, 3.63) is 97.8 Å². The summed E-state index contributed by atoms with van der Waals surface area (Å²) in [4.78, 5) is 30.9. The number of nitro groups is 1. The molecule has 1 aromatic heterocycles. The lowest BCUT2D eigenvalue weighted by molar-refractivity contribution is -0.384. The summed E-state index contributed by atoms with van der Waals surface area (Å²) in [7, 11) is 0. The molecule has 1 aliphatic rings. The van der Waals surface area contributed by atoms with Crippen LogP contribution in [0.4, 0.5) is 17.1 Å². The molecule has 1 fully saturated rings. The molecule has 1 aliphatic heterocycles. The first kappa shape index (κ1) is 23.5. The minimum Gasteiger partial charge on any atom is -0.494 e. The van der Waals surface area contributed by atoms with Gasteiger partial charge in [-0.3, -0.25) is 14.9 Å². The number of nitro benzene ring substituents is 1. The Kier molecular flexibility index (Phi) is 6.41. The Labute approximate surface area is 210 Å². The zero-order chi connectivity index (χ0) is 25.2. The van der Waals surface area contributed by atoms with Crippen LogP contribution in [-0.2, 0) is 4.74 Å². The maximum atomic E-state index is 13.6. The molecule has 0 saturated carbocycles. The number of hydrogen-bond donors (Lipinski definition) is 1. The molecule has 36 heavy (non-hydrogen) atoms. The Bertz CT molecular complexity index is 1560. The van der Waals surface area contributed by atoms with Crippen molar-refractivity contribution >= 4 is 45.7 Å². The van der Waals surface area contributed by atoms with E-state index >= 15 is 0 Å². The highest BCUT2D eigenvalue weighted by Gasteiger charge is 2.22. The molecular formula is C26H21ClN4O5. The van der Waals surface area contributed by atoms with Crippen LogP contribution in [-0.4, -0.2) is 47.1 Å². The molecular weight excluding hydrogens is 484 g/mol. The monoisotopic (exact) mass is 504 g/mol. The average molecular weight is 505 g/mol. The van der Waals surface area contributed by atoms with Crippen molar-refractivity contribution in [1.29, 1.82) is 0 Å². The molecule has 1 saturated heterocycles. The van der Waals surface area contributed by atoms with Crippen molar-refractivity contribution < 1.29 is 14.8 Å². The molecule has 182 valence electrons. The first-order valence-corrected chi connectivity index (χ1v) is 11.6. The first-order valence-electron chi connectivity index (χ1n) is 11.2. The van der Waals surface area contributed by atoms with Gasteiger partial charge in [0.15, 0.2) is 0 Å². The predicted molar refractivity (Wildman–Crippen MR) is 140 cm³/mol. The highest BCUT2D eigenvalue weighted by molar-refractivity contribution is 6.30. The number of aromatic hydroxyl groups is 1. The van der Waals surface area contributed by atoms with E-state index in [-0.39, 0.29) is 22.8 Å². The van der Waals surface area contributed by atoms with Gasteiger partial charge in [0.25, 0.3) is 11.2 Å². The molecule has 5 rings (SSSR count). The van der Waals surface area contributed by atoms with Gasteiger partial charge < -0.3 is 14.7 Å². The second kappa shape index (κ2) is 9.80. The number of pyridine rings is 1. The highest BCUT2D eigenvalue weighted by Crippen LogP contribution is 2.34. The average Bonchev–Trinajstić information content (AvgIpc) is 2.89. The Hall–Kier alpha value is -4.21. The van der Waals surface area contributed by atoms with Crippen LogP contribution >= 0.6 is 11.6 Å². The summed E-state index contributed by atoms with van der Waals surface area (Å²) in [6.45, 7) is 2.30. The Morgan fingerprint density at radius 2 is 1.69 bits per heavy atom. The van der Waals surface area contributed by atoms with Crippen molar-refractivity contribution in [1.82, 2.24) is 4.57 Å². The van der Waals surface area contributed by atoms with Crippen LogP contribution in [0.5, 0.6) is 5.88 Å². The van der Waals surface area contributed by atoms with Crippen LogP contribution in [0.1, 0.15) is 5.56 Å². The Morgan fingerprint density at radius 1 is 1.00 bits per heavy atom. The van der Waals surface area contributed by atoms with Crippen LogP contribution in [0.3, 0.4) is 0 Å². The number of anilines is 1. The van der Waals surface area contributed by atoms with Gasteiger partial charge in [0.05, 0.1) is 35.1 Å². The van der Waals surface area contributed by atoms with E-state index < -0.39 is 10.5 Å². The summed E-state index contributed by atoms with van der Waals surface area (Å²) in [6.07, 6.45) is 1.34. The van der Waals surface area contributed by atoms with Crippen LogP contribution in [0.25, 0.3) is 16.5 Å². The lowest BCUT2D eigenvalue weighted by Gasteiger charge is -2.31. The van der Waals surface area contributed by atoms with E-state index in [2.05, 4.69) is 9.89 Å². The van der Waals surface area contributed by atoms with Crippen molar-refractivity contribution in [2.45, 2.75) is 0 Å². The van der Waals surface area contributed by atoms with Crippen molar-refractivity contribution in [3.8, 4) is 11.6 Å². The summed E-state index contributed by atoms with van der Waals surface area (Å²) < 4.78 is 6.67. The molecule has 9 nitrogen and oxygen atoms in total. The summed E-state index contributed by atoms with van der Waals surface area (Å²) in [5, 5.41) is 24.1. The molecule has 3 aromatic carbocycles. The zero-order valence-corrected chi connectivity index (χ0v) is 19.8. The van der Waals surface area contributed by atoms with Crippen molar-refractivity contribution in [3.63, 3.8) is 0 Å². The second-order valence-electron chi connectivity index (χ2n) is 8.16. The Morgan fingerprint density at radius 3 is 2.44 bits per heavy atom. The van der Waals surface area contributed by atoms with E-state index in [1.807, 2.05) is 6.07 Å². The van der Waals surface area contributed by atoms with Gasteiger partial charge in [-0.05, 0) is 30.3 Å². The van der Waals surface area contributed by atoms with Gasteiger partial charge in [-0.25, -0.2) is 9.56 Å². The van der Waals surface area contributed by atoms with E-state index in [0.717, 1.165) is 5.69 Å². The summed E-state index contributed by atoms with van der Waals surface area (Å²) in [5.41, 5.74) is 0.907. The number of morpholine rings is 1. The standard InChI is InChI=1S/C26H21ClN4O5/c27-17-9-10-23(29-11-13-36-14-12-29)24(15-17)30-25(32)19-6-2-1-5-18(19)20(26(30)33)16-28-21-7-3-4-8-22(21)31(34)35/h1-10,15-16,33H,11-14H2. The van der Waals surface area contributed by atoms with Gasteiger partial charge in [-0.2, -0.15) is 0 Å². The van der Waals surface area contributed by atoms with E-state index in [9.17, 15) is 20.0 Å². The zero-order valence-electron chi connectivity index (χ0n) is 19.0. The Balaban J connectivity index is 1.75. The van der Waals surface area contributed by atoms with Crippen LogP contribution in [0, 0.1) is 10.1 Å². The predicted octanol–water partition coefficient (Wildman–Crippen LogP) is 4.85. The van der Waals surface area contributed by atoms with E-state index in [1.165, 1.54) is 22.9 Å². The summed E-state index contributed by atoms with van der Waals surface area (Å²) in [5.74, 6) is -0.349. The normalized spacial score (nSPS) is 14.0. The fraction of sp³-hybridized carbons (Fsp3) is 0.154. The number of ether oxygens (including phenoxy) is 1. The number of nitrogens with zero attached hydrogens (tertiary/aromatic N) is 4. The third-order valence-electron chi connectivity index (χ3n) is 6.04. The second-order valence-corrected chi connectivity index (χ2v) is 8.60. The summed E-state index contributed by atoms with van der Waals surface area (Å²) in [6, 6.07) is 18.1. The summed E-state index contributed by atoms with van der Waals surface area (Å²) >= 11 is 6.33. The largest absolute Gasteiger partial charge is 0.494 e. The van der Waals surface area contributed by atoms with Gasteiger partial charge in [0.1, 0.15) is 5.69 Å². The van der Waals surface area contributed by atoms with Crippen LogP contribution in [0.2, 0.25) is 5.02 Å². The van der Waals surface area contributed by atoms with Gasteiger partial charge >= 0.3 is 0 Å². The smallest absolute Gasteiger partial charge is 0.294 e. The van der Waals surface area contributed by atoms with E-state index in [0.29, 0.717) is 47.8 Å². The van der Waals surface area contributed by atoms with Crippen molar-refractivity contribution in [2.75, 3.05) is 31.2 Å².